The van der Waals surface area contributed by atoms with Crippen LogP contribution in [-0.2, 0) is 21.9 Å². The highest BCUT2D eigenvalue weighted by Gasteiger charge is 2.57. The number of hydrogen-bond acceptors (Lipinski definition) is 5. The molecule has 3 atom stereocenters. The van der Waals surface area contributed by atoms with Crippen LogP contribution in [0.4, 0.5) is 31.1 Å². The van der Waals surface area contributed by atoms with Crippen LogP contribution in [0.3, 0.4) is 0 Å². The van der Waals surface area contributed by atoms with Crippen LogP contribution in [0.15, 0.2) is 79.1 Å². The number of hydrogen-bond donors (Lipinski definition) is 1. The van der Waals surface area contributed by atoms with Gasteiger partial charge in [-0.05, 0) is 40.5 Å². The number of piperidine rings is 1. The molecule has 3 aliphatic rings. The lowest BCUT2D eigenvalue weighted by molar-refractivity contribution is -0.143. The van der Waals surface area contributed by atoms with Crippen LogP contribution in [0, 0.1) is 11.8 Å². The SMILES string of the molecule is O=C(NC1C2CN(C(=O)/C=C\n3cnc(-c4cc(C(F)(F)F)cc(C(F)(F)F)c4)n3)C[C@H]21)OCC1c2ccccc2-c2ccccc21. The molecule has 1 saturated heterocycles. The summed E-state index contributed by atoms with van der Waals surface area (Å²) in [5.74, 6) is -0.671. The topological polar surface area (TPSA) is 89.4 Å². The molecule has 14 heteroatoms. The molecular formula is C33H25F6N5O3. The van der Waals surface area contributed by atoms with Crippen molar-refractivity contribution in [1.82, 2.24) is 25.0 Å². The van der Waals surface area contributed by atoms with E-state index in [0.29, 0.717) is 25.2 Å². The highest BCUT2D eigenvalue weighted by Crippen LogP contribution is 2.47. The largest absolute Gasteiger partial charge is 0.449 e. The van der Waals surface area contributed by atoms with Gasteiger partial charge in [-0.2, -0.15) is 26.3 Å². The maximum Gasteiger partial charge on any atom is 0.416 e. The van der Waals surface area contributed by atoms with Gasteiger partial charge in [0.05, 0.1) is 11.1 Å². The summed E-state index contributed by atoms with van der Waals surface area (Å²) in [6.07, 6.45) is -7.06. The van der Waals surface area contributed by atoms with E-state index in [1.165, 1.54) is 12.3 Å². The summed E-state index contributed by atoms with van der Waals surface area (Å²) in [4.78, 5) is 30.8. The molecule has 47 heavy (non-hydrogen) atoms. The predicted molar refractivity (Wildman–Crippen MR) is 156 cm³/mol. The number of rotatable bonds is 6. The van der Waals surface area contributed by atoms with Gasteiger partial charge in [0.15, 0.2) is 5.82 Å². The number of likely N-dealkylation sites (tertiary alicyclic amines) is 1. The Morgan fingerprint density at radius 3 is 2.02 bits per heavy atom. The van der Waals surface area contributed by atoms with Crippen molar-refractivity contribution >= 4 is 18.2 Å². The lowest BCUT2D eigenvalue weighted by Gasteiger charge is -2.19. The van der Waals surface area contributed by atoms with Crippen molar-refractivity contribution in [3.05, 3.63) is 101 Å². The van der Waals surface area contributed by atoms with Crippen molar-refractivity contribution in [2.45, 2.75) is 24.3 Å². The second kappa shape index (κ2) is 11.3. The first-order valence-corrected chi connectivity index (χ1v) is 14.7. The molecule has 0 spiro atoms. The van der Waals surface area contributed by atoms with Gasteiger partial charge in [-0.15, -0.1) is 5.10 Å². The Hall–Kier alpha value is -5.14. The number of alkyl carbamates (subject to hydrolysis) is 1. The second-order valence-electron chi connectivity index (χ2n) is 11.7. The molecule has 2 fully saturated rings. The number of aromatic nitrogens is 3. The third-order valence-corrected chi connectivity index (χ3v) is 8.86. The van der Waals surface area contributed by atoms with Gasteiger partial charge in [-0.25, -0.2) is 14.5 Å². The fourth-order valence-corrected chi connectivity index (χ4v) is 6.51. The van der Waals surface area contributed by atoms with Crippen LogP contribution in [0.25, 0.3) is 28.7 Å². The summed E-state index contributed by atoms with van der Waals surface area (Å²) in [7, 11) is 0. The molecule has 1 N–H and O–H groups in total. The van der Waals surface area contributed by atoms with E-state index in [9.17, 15) is 35.9 Å². The summed E-state index contributed by atoms with van der Waals surface area (Å²) in [5, 5.41) is 6.83. The summed E-state index contributed by atoms with van der Waals surface area (Å²) >= 11 is 0. The summed E-state index contributed by atoms with van der Waals surface area (Å²) in [6, 6.07) is 17.1. The van der Waals surface area contributed by atoms with Crippen molar-refractivity contribution in [3.63, 3.8) is 0 Å². The fourth-order valence-electron chi connectivity index (χ4n) is 6.51. The lowest BCUT2D eigenvalue weighted by Crippen LogP contribution is -2.37. The minimum atomic E-state index is -5.01. The summed E-state index contributed by atoms with van der Waals surface area (Å²) in [5.41, 5.74) is 1.05. The number of fused-ring (bicyclic) bond motifs is 4. The van der Waals surface area contributed by atoms with Crippen molar-refractivity contribution in [2.24, 2.45) is 11.8 Å². The molecule has 1 aromatic heterocycles. The Morgan fingerprint density at radius 1 is 0.872 bits per heavy atom. The Kier molecular flexibility index (Phi) is 7.32. The summed E-state index contributed by atoms with van der Waals surface area (Å²) in [6.45, 7) is 0.989. The molecule has 1 saturated carbocycles. The molecule has 8 nitrogen and oxygen atoms in total. The number of alkyl halides is 6. The third-order valence-electron chi connectivity index (χ3n) is 8.86. The van der Waals surface area contributed by atoms with Gasteiger partial charge in [-0.3, -0.25) is 4.79 Å². The normalized spacial score (nSPS) is 20.2. The first kappa shape index (κ1) is 30.5. The van der Waals surface area contributed by atoms with E-state index in [1.807, 2.05) is 36.4 Å². The molecule has 0 radical (unpaired) electrons. The monoisotopic (exact) mass is 653 g/mol. The highest BCUT2D eigenvalue weighted by molar-refractivity contribution is 5.90. The first-order valence-electron chi connectivity index (χ1n) is 14.7. The second-order valence-corrected chi connectivity index (χ2v) is 11.7. The van der Waals surface area contributed by atoms with E-state index < -0.39 is 35.1 Å². The molecule has 1 aliphatic heterocycles. The zero-order valence-electron chi connectivity index (χ0n) is 24.3. The molecule has 2 unspecified atom stereocenters. The fraction of sp³-hybridized carbons (Fsp3) is 0.273. The van der Waals surface area contributed by atoms with Crippen LogP contribution in [0.2, 0.25) is 0 Å². The standard InChI is InChI=1S/C33H25F6N5O3/c34-32(35,36)19-11-18(12-20(13-19)33(37,38)39)30-40-17-44(42-30)10-9-28(45)43-14-25-26(15-43)29(25)41-31(46)47-16-27-23-7-3-1-5-21(23)22-6-2-4-8-24(22)27/h1-13,17,25-27,29H,14-16H2,(H,41,46)/b10-9-/t25-,26?,29?/m1/s1. The number of benzene rings is 3. The molecular weight excluding hydrogens is 628 g/mol. The number of halogens is 6. The zero-order valence-corrected chi connectivity index (χ0v) is 24.3. The van der Waals surface area contributed by atoms with Gasteiger partial charge < -0.3 is 15.0 Å². The van der Waals surface area contributed by atoms with Gasteiger partial charge in [0.2, 0.25) is 5.91 Å². The van der Waals surface area contributed by atoms with Gasteiger partial charge >= 0.3 is 18.4 Å². The lowest BCUT2D eigenvalue weighted by atomic mass is 9.98. The van der Waals surface area contributed by atoms with E-state index in [0.717, 1.165) is 33.3 Å². The molecule has 4 aromatic rings. The van der Waals surface area contributed by atoms with Crippen molar-refractivity contribution in [2.75, 3.05) is 19.7 Å². The molecule has 242 valence electrons. The van der Waals surface area contributed by atoms with Crippen molar-refractivity contribution in [3.8, 4) is 22.5 Å². The minimum Gasteiger partial charge on any atom is -0.449 e. The first-order chi connectivity index (χ1) is 22.4. The van der Waals surface area contributed by atoms with Crippen LogP contribution in [0.1, 0.15) is 28.2 Å². The summed E-state index contributed by atoms with van der Waals surface area (Å²) < 4.78 is 86.0. The van der Waals surface area contributed by atoms with Crippen LogP contribution in [-0.4, -0.2) is 57.4 Å². The smallest absolute Gasteiger partial charge is 0.416 e. The minimum absolute atomic E-state index is 0.0253. The molecule has 7 rings (SSSR count). The van der Waals surface area contributed by atoms with Gasteiger partial charge in [0.25, 0.3) is 0 Å². The van der Waals surface area contributed by atoms with Crippen LogP contribution < -0.4 is 5.32 Å². The number of ether oxygens (including phenoxy) is 1. The van der Waals surface area contributed by atoms with E-state index in [4.69, 9.17) is 4.74 Å². The van der Waals surface area contributed by atoms with E-state index in [2.05, 4.69) is 27.5 Å². The maximum absolute atomic E-state index is 13.2. The number of amides is 2. The average Bonchev–Trinajstić information content (AvgIpc) is 3.46. The van der Waals surface area contributed by atoms with Gasteiger partial charge in [0, 0.05) is 54.7 Å². The maximum atomic E-state index is 13.2. The Bertz CT molecular complexity index is 1810. The Labute approximate surface area is 263 Å². The number of carbonyl (C=O) groups is 2. The zero-order chi connectivity index (χ0) is 33.1. The third kappa shape index (κ3) is 5.95. The highest BCUT2D eigenvalue weighted by atomic mass is 19.4. The number of carbonyl (C=O) groups excluding carboxylic acids is 2. The van der Waals surface area contributed by atoms with Gasteiger partial charge in [0.1, 0.15) is 12.9 Å². The van der Waals surface area contributed by atoms with Crippen LogP contribution in [0.5, 0.6) is 0 Å². The van der Waals surface area contributed by atoms with Crippen molar-refractivity contribution in [1.29, 1.82) is 0 Å². The predicted octanol–water partition coefficient (Wildman–Crippen LogP) is 6.45. The number of nitrogens with one attached hydrogen (secondary N) is 1. The van der Waals surface area contributed by atoms with Crippen molar-refractivity contribution < 1.29 is 40.7 Å². The molecule has 2 heterocycles. The van der Waals surface area contributed by atoms with Crippen LogP contribution >= 0.6 is 0 Å². The Balaban J connectivity index is 0.918. The Morgan fingerprint density at radius 2 is 1.45 bits per heavy atom. The molecule has 2 aliphatic carbocycles. The van der Waals surface area contributed by atoms with E-state index in [1.54, 1.807) is 4.90 Å². The quantitative estimate of drug-likeness (QED) is 0.191. The molecule has 2 amide bonds. The van der Waals surface area contributed by atoms with Gasteiger partial charge in [-0.1, -0.05) is 48.5 Å². The molecule has 3 aromatic carbocycles. The molecule has 0 bridgehead atoms. The van der Waals surface area contributed by atoms with E-state index >= 15 is 0 Å². The number of nitrogens with zero attached hydrogens (tertiary/aromatic N) is 4. The average molecular weight is 654 g/mol. The van der Waals surface area contributed by atoms with E-state index in [-0.39, 0.29) is 48.2 Å².